The zero-order valence-electron chi connectivity index (χ0n) is 14.1. The quantitative estimate of drug-likeness (QED) is 0.866. The van der Waals surface area contributed by atoms with Gasteiger partial charge in [-0.2, -0.15) is 0 Å². The number of nitrogens with one attached hydrogen (secondary N) is 2. The first-order valence-corrected chi connectivity index (χ1v) is 8.47. The van der Waals surface area contributed by atoms with E-state index in [2.05, 4.69) is 15.6 Å². The number of piperidine rings is 1. The minimum absolute atomic E-state index is 0.117. The van der Waals surface area contributed by atoms with Crippen molar-refractivity contribution in [3.05, 3.63) is 23.9 Å². The number of hydrogen-bond donors (Lipinski definition) is 2. The number of halogens is 2. The molecule has 1 aromatic heterocycles. The van der Waals surface area contributed by atoms with Gasteiger partial charge in [0.2, 0.25) is 11.8 Å². The molecule has 3 heterocycles. The molecule has 2 aliphatic rings. The van der Waals surface area contributed by atoms with Gasteiger partial charge in [0.05, 0.1) is 12.6 Å². The molecule has 1 unspecified atom stereocenters. The number of alkyl halides is 2. The summed E-state index contributed by atoms with van der Waals surface area (Å²) in [6, 6.07) is 2.80. The van der Waals surface area contributed by atoms with Crippen molar-refractivity contribution in [2.24, 2.45) is 5.92 Å². The smallest absolute Gasteiger partial charge is 0.262 e. The fourth-order valence-corrected chi connectivity index (χ4v) is 3.24. The number of pyridine rings is 1. The Morgan fingerprint density at radius 1 is 1.32 bits per heavy atom. The monoisotopic (exact) mass is 352 g/mol. The predicted molar refractivity (Wildman–Crippen MR) is 88.3 cm³/mol. The molecule has 0 saturated carbocycles. The number of carbonyl (C=O) groups is 2. The van der Waals surface area contributed by atoms with E-state index in [-0.39, 0.29) is 17.7 Å². The number of rotatable bonds is 3. The highest BCUT2D eigenvalue weighted by Gasteiger charge is 2.44. The lowest BCUT2D eigenvalue weighted by atomic mass is 9.95. The lowest BCUT2D eigenvalue weighted by molar-refractivity contribution is -0.136. The molecule has 0 radical (unpaired) electrons. The minimum atomic E-state index is -2.82. The summed E-state index contributed by atoms with van der Waals surface area (Å²) >= 11 is 0. The van der Waals surface area contributed by atoms with Crippen molar-refractivity contribution in [2.75, 3.05) is 25.0 Å². The Bertz CT molecular complexity index is 643. The van der Waals surface area contributed by atoms with Crippen LogP contribution in [-0.2, 0) is 9.59 Å². The van der Waals surface area contributed by atoms with Crippen molar-refractivity contribution in [1.29, 1.82) is 0 Å². The van der Waals surface area contributed by atoms with E-state index in [9.17, 15) is 18.4 Å². The standard InChI is InChI=1S/C17H22F2N4O2/c1-11-2-3-14(20-9-11)22-15(24)12-4-6-23(7-5-12)16(25)13-8-17(18,19)10-21-13/h2-3,9,12-13,21H,4-8,10H2,1H3,(H,20,22,24). The van der Waals surface area contributed by atoms with Crippen LogP contribution in [-0.4, -0.2) is 53.3 Å². The average Bonchev–Trinajstić information content (AvgIpc) is 2.96. The molecule has 2 aliphatic heterocycles. The van der Waals surface area contributed by atoms with E-state index in [0.29, 0.717) is 31.7 Å². The maximum absolute atomic E-state index is 13.2. The van der Waals surface area contributed by atoms with Crippen molar-refractivity contribution >= 4 is 17.6 Å². The molecule has 1 aromatic rings. The summed E-state index contributed by atoms with van der Waals surface area (Å²) in [5.41, 5.74) is 1.01. The fourth-order valence-electron chi connectivity index (χ4n) is 3.24. The molecule has 2 fully saturated rings. The normalized spacial score (nSPS) is 23.5. The average molecular weight is 352 g/mol. The highest BCUT2D eigenvalue weighted by molar-refractivity contribution is 5.92. The first kappa shape index (κ1) is 17.7. The summed E-state index contributed by atoms with van der Waals surface area (Å²) in [5, 5.41) is 5.37. The van der Waals surface area contributed by atoms with Crippen molar-refractivity contribution in [3.63, 3.8) is 0 Å². The van der Waals surface area contributed by atoms with Gasteiger partial charge in [-0.05, 0) is 31.4 Å². The number of aryl methyl sites for hydroxylation is 1. The second-order valence-electron chi connectivity index (χ2n) is 6.80. The Hall–Kier alpha value is -2.09. The second kappa shape index (κ2) is 7.03. The number of hydrogen-bond acceptors (Lipinski definition) is 4. The molecule has 0 spiro atoms. The molecule has 2 amide bonds. The van der Waals surface area contributed by atoms with Crippen LogP contribution in [0.4, 0.5) is 14.6 Å². The third kappa shape index (κ3) is 4.31. The summed E-state index contributed by atoms with van der Waals surface area (Å²) in [5.74, 6) is -2.93. The van der Waals surface area contributed by atoms with Crippen molar-refractivity contribution in [1.82, 2.24) is 15.2 Å². The molecule has 1 atom stereocenters. The molecule has 0 bridgehead atoms. The zero-order chi connectivity index (χ0) is 18.0. The summed E-state index contributed by atoms with van der Waals surface area (Å²) in [6.07, 6.45) is 2.27. The van der Waals surface area contributed by atoms with Gasteiger partial charge in [0.15, 0.2) is 0 Å². The molecule has 6 nitrogen and oxygen atoms in total. The van der Waals surface area contributed by atoms with Gasteiger partial charge < -0.3 is 10.2 Å². The first-order valence-electron chi connectivity index (χ1n) is 8.47. The Balaban J connectivity index is 1.49. The maximum Gasteiger partial charge on any atom is 0.262 e. The van der Waals surface area contributed by atoms with E-state index in [1.807, 2.05) is 13.0 Å². The van der Waals surface area contributed by atoms with Crippen LogP contribution in [0.5, 0.6) is 0 Å². The van der Waals surface area contributed by atoms with Gasteiger partial charge in [-0.1, -0.05) is 6.07 Å². The maximum atomic E-state index is 13.2. The van der Waals surface area contributed by atoms with Crippen LogP contribution in [0.1, 0.15) is 24.8 Å². The largest absolute Gasteiger partial charge is 0.341 e. The number of anilines is 1. The molecule has 0 aromatic carbocycles. The first-order chi connectivity index (χ1) is 11.8. The van der Waals surface area contributed by atoms with Crippen LogP contribution in [0.3, 0.4) is 0 Å². The van der Waals surface area contributed by atoms with Gasteiger partial charge in [-0.3, -0.25) is 14.9 Å². The lowest BCUT2D eigenvalue weighted by Gasteiger charge is -2.32. The van der Waals surface area contributed by atoms with Crippen molar-refractivity contribution in [3.8, 4) is 0 Å². The number of nitrogens with zero attached hydrogens (tertiary/aromatic N) is 2. The van der Waals surface area contributed by atoms with Crippen LogP contribution in [0, 0.1) is 12.8 Å². The third-order valence-corrected chi connectivity index (χ3v) is 4.75. The molecule has 0 aliphatic carbocycles. The van der Waals surface area contributed by atoms with E-state index in [4.69, 9.17) is 0 Å². The molecule has 136 valence electrons. The van der Waals surface area contributed by atoms with Crippen LogP contribution in [0.25, 0.3) is 0 Å². The summed E-state index contributed by atoms with van der Waals surface area (Å²) in [7, 11) is 0. The van der Waals surface area contributed by atoms with Crippen LogP contribution in [0.15, 0.2) is 18.3 Å². The molecular formula is C17H22F2N4O2. The predicted octanol–water partition coefficient (Wildman–Crippen LogP) is 1.56. The van der Waals surface area contributed by atoms with Crippen molar-refractivity contribution < 1.29 is 18.4 Å². The minimum Gasteiger partial charge on any atom is -0.341 e. The molecule has 3 rings (SSSR count). The number of aromatic nitrogens is 1. The van der Waals surface area contributed by atoms with Crippen LogP contribution in [0.2, 0.25) is 0 Å². The van der Waals surface area contributed by atoms with Crippen molar-refractivity contribution in [2.45, 2.75) is 38.2 Å². The Morgan fingerprint density at radius 3 is 2.60 bits per heavy atom. The van der Waals surface area contributed by atoms with E-state index < -0.39 is 24.9 Å². The molecule has 25 heavy (non-hydrogen) atoms. The zero-order valence-corrected chi connectivity index (χ0v) is 14.1. The summed E-state index contributed by atoms with van der Waals surface area (Å²) in [6.45, 7) is 2.27. The second-order valence-corrected chi connectivity index (χ2v) is 6.80. The van der Waals surface area contributed by atoms with E-state index >= 15 is 0 Å². The molecular weight excluding hydrogens is 330 g/mol. The van der Waals surface area contributed by atoms with Crippen LogP contribution < -0.4 is 10.6 Å². The highest BCUT2D eigenvalue weighted by Crippen LogP contribution is 2.27. The van der Waals surface area contributed by atoms with Gasteiger partial charge in [-0.25, -0.2) is 13.8 Å². The molecule has 2 saturated heterocycles. The SMILES string of the molecule is Cc1ccc(NC(=O)C2CCN(C(=O)C3CC(F)(F)CN3)CC2)nc1. The Morgan fingerprint density at radius 2 is 2.04 bits per heavy atom. The van der Waals surface area contributed by atoms with E-state index in [1.54, 1.807) is 17.2 Å². The lowest BCUT2D eigenvalue weighted by Crippen LogP contribution is -2.48. The number of likely N-dealkylation sites (tertiary alicyclic amines) is 1. The van der Waals surface area contributed by atoms with Gasteiger partial charge in [0.1, 0.15) is 5.82 Å². The molecule has 2 N–H and O–H groups in total. The summed E-state index contributed by atoms with van der Waals surface area (Å²) < 4.78 is 26.5. The van der Waals surface area contributed by atoms with Crippen LogP contribution >= 0.6 is 0 Å². The fraction of sp³-hybridized carbons (Fsp3) is 0.588. The summed E-state index contributed by atoms with van der Waals surface area (Å²) in [4.78, 5) is 30.3. The Kier molecular flexibility index (Phi) is 4.99. The van der Waals surface area contributed by atoms with Gasteiger partial charge in [0, 0.05) is 31.6 Å². The highest BCUT2D eigenvalue weighted by atomic mass is 19.3. The van der Waals surface area contributed by atoms with Gasteiger partial charge >= 0.3 is 0 Å². The molecule has 8 heteroatoms. The number of amides is 2. The van der Waals surface area contributed by atoms with E-state index in [0.717, 1.165) is 5.56 Å². The Labute approximate surface area is 145 Å². The number of carbonyl (C=O) groups excluding carboxylic acids is 2. The van der Waals surface area contributed by atoms with Gasteiger partial charge in [-0.15, -0.1) is 0 Å². The topological polar surface area (TPSA) is 74.3 Å². The third-order valence-electron chi connectivity index (χ3n) is 4.75. The van der Waals surface area contributed by atoms with E-state index in [1.165, 1.54) is 0 Å². The van der Waals surface area contributed by atoms with Gasteiger partial charge in [0.25, 0.3) is 5.92 Å².